The highest BCUT2D eigenvalue weighted by Crippen LogP contribution is 2.45. The number of hydrogen-bond acceptors (Lipinski definition) is 5. The van der Waals surface area contributed by atoms with Gasteiger partial charge in [0.25, 0.3) is 0 Å². The molecule has 1 aromatic carbocycles. The van der Waals surface area contributed by atoms with E-state index in [1.165, 1.54) is 117 Å². The summed E-state index contributed by atoms with van der Waals surface area (Å²) in [6.45, 7) is 13.5. The van der Waals surface area contributed by atoms with Gasteiger partial charge in [-0.2, -0.15) is 0 Å². The summed E-state index contributed by atoms with van der Waals surface area (Å²) in [5.41, 5.74) is 5.74. The third kappa shape index (κ3) is 9.79. The van der Waals surface area contributed by atoms with Crippen molar-refractivity contribution >= 4 is 15.9 Å². The summed E-state index contributed by atoms with van der Waals surface area (Å²) in [7, 11) is 1.71. The lowest BCUT2D eigenvalue weighted by Gasteiger charge is -2.18. The minimum atomic E-state index is 0.596. The van der Waals surface area contributed by atoms with E-state index < -0.39 is 0 Å². The largest absolute Gasteiger partial charge is 0.490 e. The molecule has 2 aliphatic heterocycles. The Kier molecular flexibility index (Phi) is 14.9. The molecule has 0 bridgehead atoms. The first-order valence-electron chi connectivity index (χ1n) is 15.2. The number of halogens is 1. The first-order chi connectivity index (χ1) is 18.2. The molecule has 3 rings (SSSR count). The summed E-state index contributed by atoms with van der Waals surface area (Å²) in [5, 5.41) is 0. The van der Waals surface area contributed by atoms with Crippen molar-refractivity contribution in [2.24, 2.45) is 0 Å². The van der Waals surface area contributed by atoms with Gasteiger partial charge < -0.3 is 14.2 Å². The predicted octanol–water partition coefficient (Wildman–Crippen LogP) is 7.84. The maximum Gasteiger partial charge on any atom is 0.129 e. The van der Waals surface area contributed by atoms with Crippen LogP contribution in [0.4, 0.5) is 0 Å². The molecule has 0 N–H and O–H groups in total. The van der Waals surface area contributed by atoms with E-state index in [1.54, 1.807) is 7.11 Å². The second-order valence-corrected chi connectivity index (χ2v) is 11.8. The van der Waals surface area contributed by atoms with Crippen LogP contribution in [0, 0.1) is 0 Å². The van der Waals surface area contributed by atoms with Crippen LogP contribution in [0.25, 0.3) is 0 Å². The fraction of sp³-hybridized carbons (Fsp3) is 0.806. The molecule has 0 unspecified atom stereocenters. The summed E-state index contributed by atoms with van der Waals surface area (Å²) in [4.78, 5) is 5.25. The zero-order valence-electron chi connectivity index (χ0n) is 24.1. The fourth-order valence-electron chi connectivity index (χ4n) is 5.74. The van der Waals surface area contributed by atoms with Crippen LogP contribution in [0.1, 0.15) is 113 Å². The van der Waals surface area contributed by atoms with Gasteiger partial charge in [-0.1, -0.05) is 94.0 Å². The van der Waals surface area contributed by atoms with Gasteiger partial charge in [0, 0.05) is 48.9 Å². The molecular weight excluding hydrogens is 528 g/mol. The van der Waals surface area contributed by atoms with Gasteiger partial charge in [-0.15, -0.1) is 0 Å². The molecule has 5 nitrogen and oxygen atoms in total. The van der Waals surface area contributed by atoms with Crippen LogP contribution in [0.3, 0.4) is 0 Å². The lowest BCUT2D eigenvalue weighted by atomic mass is 10.00. The monoisotopic (exact) mass is 580 g/mol. The summed E-state index contributed by atoms with van der Waals surface area (Å²) in [6, 6.07) is 0. The molecule has 0 fully saturated rings. The van der Waals surface area contributed by atoms with Crippen molar-refractivity contribution in [1.82, 2.24) is 9.80 Å². The molecule has 2 aliphatic rings. The third-order valence-corrected chi connectivity index (χ3v) is 8.85. The second-order valence-electron chi connectivity index (χ2n) is 11.0. The summed E-state index contributed by atoms with van der Waals surface area (Å²) >= 11 is 4.06. The molecule has 0 radical (unpaired) electrons. The number of rotatable bonds is 21. The highest BCUT2D eigenvalue weighted by Gasteiger charge is 2.33. The Morgan fingerprint density at radius 3 is 1.57 bits per heavy atom. The van der Waals surface area contributed by atoms with Crippen LogP contribution in [0.5, 0.6) is 5.75 Å². The summed E-state index contributed by atoms with van der Waals surface area (Å²) in [5.74, 6) is 1.15. The summed E-state index contributed by atoms with van der Waals surface area (Å²) < 4.78 is 18.7. The Hall–Kier alpha value is -0.660. The average Bonchev–Trinajstić information content (AvgIpc) is 3.52. The highest BCUT2D eigenvalue weighted by molar-refractivity contribution is 9.10. The molecule has 1 aromatic rings. The SMILES string of the molecule is CCCCCCCCN1Cc2c(Br)c3c(c(OCCOCCOC)c2C1)CN(CCCCCCCC)C3. The summed E-state index contributed by atoms with van der Waals surface area (Å²) in [6.07, 6.45) is 16.2. The number of hydrogen-bond donors (Lipinski definition) is 0. The van der Waals surface area contributed by atoms with E-state index in [-0.39, 0.29) is 0 Å². The van der Waals surface area contributed by atoms with Crippen LogP contribution >= 0.6 is 15.9 Å². The molecule has 0 spiro atoms. The molecule has 212 valence electrons. The van der Waals surface area contributed by atoms with Crippen molar-refractivity contribution in [2.75, 3.05) is 46.6 Å². The van der Waals surface area contributed by atoms with Crippen LogP contribution in [0.15, 0.2) is 4.47 Å². The Morgan fingerprint density at radius 2 is 1.05 bits per heavy atom. The van der Waals surface area contributed by atoms with Crippen molar-refractivity contribution in [3.05, 3.63) is 26.7 Å². The average molecular weight is 582 g/mol. The standard InChI is InChI=1S/C31H53BrN2O3/c1-4-6-8-10-12-14-16-33-22-26-28(24-33)31(37-21-20-36-19-18-35-3)29-25-34(23-27(29)30(26)32)17-15-13-11-9-7-5-2/h4-25H2,1-3H3. The Balaban J connectivity index is 1.60. The first kappa shape index (κ1) is 30.9. The van der Waals surface area contributed by atoms with Crippen LogP contribution < -0.4 is 4.74 Å². The van der Waals surface area contributed by atoms with Crippen LogP contribution in [0.2, 0.25) is 0 Å². The molecule has 0 aliphatic carbocycles. The number of unbranched alkanes of at least 4 members (excludes halogenated alkanes) is 10. The molecule has 37 heavy (non-hydrogen) atoms. The number of methoxy groups -OCH3 is 1. The van der Waals surface area contributed by atoms with Gasteiger partial charge in [-0.05, 0) is 37.1 Å². The Morgan fingerprint density at radius 1 is 0.595 bits per heavy atom. The quantitative estimate of drug-likeness (QED) is 0.138. The van der Waals surface area contributed by atoms with E-state index in [9.17, 15) is 0 Å². The smallest absolute Gasteiger partial charge is 0.129 e. The van der Waals surface area contributed by atoms with E-state index in [1.807, 2.05) is 0 Å². The van der Waals surface area contributed by atoms with Gasteiger partial charge in [-0.25, -0.2) is 0 Å². The van der Waals surface area contributed by atoms with E-state index in [4.69, 9.17) is 14.2 Å². The fourth-order valence-corrected chi connectivity index (χ4v) is 6.47. The molecule has 0 atom stereocenters. The van der Waals surface area contributed by atoms with Crippen molar-refractivity contribution in [3.8, 4) is 5.75 Å². The Labute approximate surface area is 235 Å². The molecule has 0 saturated carbocycles. The zero-order valence-corrected chi connectivity index (χ0v) is 25.6. The van der Waals surface area contributed by atoms with E-state index in [0.717, 1.165) is 31.9 Å². The van der Waals surface area contributed by atoms with Gasteiger partial charge in [0.1, 0.15) is 12.4 Å². The predicted molar refractivity (Wildman–Crippen MR) is 157 cm³/mol. The normalized spacial score (nSPS) is 15.5. The lowest BCUT2D eigenvalue weighted by molar-refractivity contribution is 0.0540. The molecule has 0 aromatic heterocycles. The maximum atomic E-state index is 6.52. The highest BCUT2D eigenvalue weighted by atomic mass is 79.9. The second kappa shape index (κ2) is 17.8. The van der Waals surface area contributed by atoms with Gasteiger partial charge in [0.2, 0.25) is 0 Å². The van der Waals surface area contributed by atoms with Gasteiger partial charge in [-0.3, -0.25) is 9.80 Å². The molecule has 0 saturated heterocycles. The maximum absolute atomic E-state index is 6.52. The van der Waals surface area contributed by atoms with Gasteiger partial charge >= 0.3 is 0 Å². The minimum Gasteiger partial charge on any atom is -0.490 e. The van der Waals surface area contributed by atoms with Crippen molar-refractivity contribution in [3.63, 3.8) is 0 Å². The van der Waals surface area contributed by atoms with Crippen LogP contribution in [-0.4, -0.2) is 56.4 Å². The molecular formula is C31H53BrN2O3. The van der Waals surface area contributed by atoms with Crippen LogP contribution in [-0.2, 0) is 35.7 Å². The van der Waals surface area contributed by atoms with E-state index in [0.29, 0.717) is 26.4 Å². The van der Waals surface area contributed by atoms with Gasteiger partial charge in [0.15, 0.2) is 0 Å². The topological polar surface area (TPSA) is 34.2 Å². The van der Waals surface area contributed by atoms with E-state index >= 15 is 0 Å². The number of nitrogens with zero attached hydrogens (tertiary/aromatic N) is 2. The Bertz CT molecular complexity index is 735. The third-order valence-electron chi connectivity index (χ3n) is 7.90. The molecule has 0 amide bonds. The zero-order chi connectivity index (χ0) is 26.3. The van der Waals surface area contributed by atoms with E-state index in [2.05, 4.69) is 39.6 Å². The number of ether oxygens (including phenoxy) is 3. The number of benzene rings is 1. The number of fused-ring (bicyclic) bond motifs is 2. The molecule has 2 heterocycles. The van der Waals surface area contributed by atoms with Gasteiger partial charge in [0.05, 0.1) is 19.8 Å². The first-order valence-corrected chi connectivity index (χ1v) is 16.0. The van der Waals surface area contributed by atoms with Crippen molar-refractivity contribution in [1.29, 1.82) is 0 Å². The minimum absolute atomic E-state index is 0.596. The lowest BCUT2D eigenvalue weighted by Crippen LogP contribution is -2.19. The van der Waals surface area contributed by atoms with Crippen molar-refractivity contribution < 1.29 is 14.2 Å². The van der Waals surface area contributed by atoms with Crippen molar-refractivity contribution in [2.45, 2.75) is 117 Å². The molecule has 6 heteroatoms.